The number of carbonyl (C=O) groups excluding carboxylic acids is 2. The summed E-state index contributed by atoms with van der Waals surface area (Å²) in [6, 6.07) is 11.7. The minimum Gasteiger partial charge on any atom is -0.447 e. The van der Waals surface area contributed by atoms with Crippen LogP contribution in [0.25, 0.3) is 0 Å². The molecule has 1 saturated heterocycles. The van der Waals surface area contributed by atoms with Gasteiger partial charge in [0.1, 0.15) is 6.61 Å². The second-order valence-electron chi connectivity index (χ2n) is 7.23. The van der Waals surface area contributed by atoms with E-state index in [1.54, 1.807) is 13.0 Å². The molecule has 1 fully saturated rings. The summed E-state index contributed by atoms with van der Waals surface area (Å²) in [5, 5.41) is 10.3. The number of allylic oxidation sites excluding steroid dienone is 1. The number of amides is 2. The molecule has 0 saturated carbocycles. The lowest BCUT2D eigenvalue weighted by molar-refractivity contribution is -0.136. The molecular weight excluding hydrogens is 342 g/mol. The van der Waals surface area contributed by atoms with E-state index in [1.807, 2.05) is 56.3 Å². The Labute approximate surface area is 163 Å². The molecule has 150 valence electrons. The Balaban J connectivity index is 0.000000511. The number of unbranched alkanes of at least 4 members (excludes halogenated alkanes) is 1. The summed E-state index contributed by atoms with van der Waals surface area (Å²) in [5.41, 5.74) is 0. The van der Waals surface area contributed by atoms with Crippen molar-refractivity contribution in [2.75, 3.05) is 6.61 Å². The fourth-order valence-corrected chi connectivity index (χ4v) is 2.82. The maximum atomic E-state index is 12.6. The SMILES string of the molecule is CCC/C=C/[C@H](O)[C@@H](CC(C)C)C(=O)N1C(=O)OC[C@H]1C.c1ccccc1. The van der Waals surface area contributed by atoms with E-state index >= 15 is 0 Å². The Bertz CT molecular complexity index is 559. The van der Waals surface area contributed by atoms with E-state index < -0.39 is 18.1 Å². The second-order valence-corrected chi connectivity index (χ2v) is 7.23. The molecule has 27 heavy (non-hydrogen) atoms. The number of aliphatic hydroxyl groups excluding tert-OH is 1. The van der Waals surface area contributed by atoms with Crippen LogP contribution < -0.4 is 0 Å². The Kier molecular flexibility index (Phi) is 10.4. The van der Waals surface area contributed by atoms with Crippen LogP contribution >= 0.6 is 0 Å². The number of nitrogens with zero attached hydrogens (tertiary/aromatic N) is 1. The highest BCUT2D eigenvalue weighted by Gasteiger charge is 2.40. The highest BCUT2D eigenvalue weighted by Crippen LogP contribution is 2.23. The second kappa shape index (κ2) is 12.3. The smallest absolute Gasteiger partial charge is 0.416 e. The van der Waals surface area contributed by atoms with Gasteiger partial charge in [0.15, 0.2) is 0 Å². The number of hydrogen-bond acceptors (Lipinski definition) is 4. The molecule has 2 amide bonds. The largest absolute Gasteiger partial charge is 0.447 e. The van der Waals surface area contributed by atoms with Gasteiger partial charge in [-0.25, -0.2) is 9.69 Å². The molecule has 0 aliphatic carbocycles. The van der Waals surface area contributed by atoms with E-state index in [4.69, 9.17) is 4.74 Å². The highest BCUT2D eigenvalue weighted by atomic mass is 16.6. The average molecular weight is 376 g/mol. The number of benzene rings is 1. The van der Waals surface area contributed by atoms with E-state index in [1.165, 1.54) is 0 Å². The lowest BCUT2D eigenvalue weighted by Crippen LogP contribution is -2.45. The van der Waals surface area contributed by atoms with Gasteiger partial charge in [-0.15, -0.1) is 0 Å². The van der Waals surface area contributed by atoms with Crippen LogP contribution in [0.1, 0.15) is 47.0 Å². The third kappa shape index (κ3) is 7.95. The van der Waals surface area contributed by atoms with Crippen LogP contribution in [-0.4, -0.2) is 40.8 Å². The molecule has 1 aliphatic rings. The van der Waals surface area contributed by atoms with Crippen LogP contribution in [0, 0.1) is 11.8 Å². The van der Waals surface area contributed by atoms with Gasteiger partial charge < -0.3 is 9.84 Å². The molecule has 1 aliphatic heterocycles. The Morgan fingerprint density at radius 1 is 1.26 bits per heavy atom. The Morgan fingerprint density at radius 3 is 2.22 bits per heavy atom. The number of ether oxygens (including phenoxy) is 1. The standard InChI is InChI=1S/C16H27NO4.C6H6/c1-5-6-7-8-14(18)13(9-11(2)3)15(19)17-12(4)10-21-16(17)20;1-2-4-6-5-3-1/h7-8,11-14,18H,5-6,9-10H2,1-4H3;1-6H/b8-7+;/t12-,13-,14+;/m1./s1. The maximum absolute atomic E-state index is 12.6. The Morgan fingerprint density at radius 2 is 1.81 bits per heavy atom. The van der Waals surface area contributed by atoms with Gasteiger partial charge in [0.25, 0.3) is 0 Å². The molecule has 1 aromatic carbocycles. The lowest BCUT2D eigenvalue weighted by atomic mass is 9.90. The van der Waals surface area contributed by atoms with Crippen molar-refractivity contribution in [1.29, 1.82) is 0 Å². The summed E-state index contributed by atoms with van der Waals surface area (Å²) < 4.78 is 4.90. The first-order valence-electron chi connectivity index (χ1n) is 9.73. The van der Waals surface area contributed by atoms with Crippen molar-refractivity contribution in [1.82, 2.24) is 4.90 Å². The fraction of sp³-hybridized carbons (Fsp3) is 0.545. The van der Waals surface area contributed by atoms with Crippen LogP contribution in [0.15, 0.2) is 48.6 Å². The molecule has 1 N–H and O–H groups in total. The summed E-state index contributed by atoms with van der Waals surface area (Å²) in [6.45, 7) is 8.04. The monoisotopic (exact) mass is 375 g/mol. The maximum Gasteiger partial charge on any atom is 0.416 e. The topological polar surface area (TPSA) is 66.8 Å². The molecule has 3 atom stereocenters. The molecule has 5 heteroatoms. The van der Waals surface area contributed by atoms with Gasteiger partial charge in [0.05, 0.1) is 18.1 Å². The van der Waals surface area contributed by atoms with E-state index in [9.17, 15) is 14.7 Å². The van der Waals surface area contributed by atoms with E-state index in [0.717, 1.165) is 17.7 Å². The number of imide groups is 1. The van der Waals surface area contributed by atoms with Crippen LogP contribution in [0.3, 0.4) is 0 Å². The highest BCUT2D eigenvalue weighted by molar-refractivity contribution is 5.95. The predicted octanol–water partition coefficient (Wildman–Crippen LogP) is 4.42. The molecular formula is C22H33NO4. The van der Waals surface area contributed by atoms with Gasteiger partial charge in [-0.3, -0.25) is 4.79 Å². The first kappa shape index (κ1) is 22.9. The molecule has 2 rings (SSSR count). The van der Waals surface area contributed by atoms with Crippen molar-refractivity contribution in [2.45, 2.75) is 59.1 Å². The van der Waals surface area contributed by atoms with Gasteiger partial charge in [-0.05, 0) is 25.7 Å². The van der Waals surface area contributed by atoms with Crippen molar-refractivity contribution < 1.29 is 19.4 Å². The van der Waals surface area contributed by atoms with Gasteiger partial charge >= 0.3 is 6.09 Å². The zero-order valence-corrected chi connectivity index (χ0v) is 16.9. The first-order chi connectivity index (χ1) is 12.9. The molecule has 1 heterocycles. The van der Waals surface area contributed by atoms with Crippen molar-refractivity contribution in [3.05, 3.63) is 48.6 Å². The summed E-state index contributed by atoms with van der Waals surface area (Å²) in [7, 11) is 0. The molecule has 0 spiro atoms. The van der Waals surface area contributed by atoms with Gasteiger partial charge in [-0.1, -0.05) is 75.7 Å². The van der Waals surface area contributed by atoms with Gasteiger partial charge in [0, 0.05) is 0 Å². The van der Waals surface area contributed by atoms with E-state index in [2.05, 4.69) is 6.92 Å². The normalized spacial score (nSPS) is 18.8. The molecule has 0 bridgehead atoms. The third-order valence-corrected chi connectivity index (χ3v) is 4.23. The van der Waals surface area contributed by atoms with Crippen LogP contribution in [0.2, 0.25) is 0 Å². The van der Waals surface area contributed by atoms with E-state index in [0.29, 0.717) is 6.42 Å². The molecule has 5 nitrogen and oxygen atoms in total. The number of aliphatic hydroxyl groups is 1. The molecule has 0 radical (unpaired) electrons. The molecule has 0 aromatic heterocycles. The number of cyclic esters (lactones) is 1. The van der Waals surface area contributed by atoms with Crippen molar-refractivity contribution in [3.63, 3.8) is 0 Å². The Hall–Kier alpha value is -2.14. The lowest BCUT2D eigenvalue weighted by Gasteiger charge is -2.26. The first-order valence-corrected chi connectivity index (χ1v) is 9.73. The van der Waals surface area contributed by atoms with Crippen LogP contribution in [0.4, 0.5) is 4.79 Å². The van der Waals surface area contributed by atoms with E-state index in [-0.39, 0.29) is 24.5 Å². The third-order valence-electron chi connectivity index (χ3n) is 4.23. The fourth-order valence-electron chi connectivity index (χ4n) is 2.82. The summed E-state index contributed by atoms with van der Waals surface area (Å²) in [6.07, 6.45) is 4.46. The summed E-state index contributed by atoms with van der Waals surface area (Å²) in [4.78, 5) is 25.4. The van der Waals surface area contributed by atoms with Crippen molar-refractivity contribution in [3.8, 4) is 0 Å². The van der Waals surface area contributed by atoms with Crippen LogP contribution in [0.5, 0.6) is 0 Å². The number of hydrogen-bond donors (Lipinski definition) is 1. The minimum atomic E-state index is -0.868. The quantitative estimate of drug-likeness (QED) is 0.717. The number of carbonyl (C=O) groups is 2. The van der Waals surface area contributed by atoms with Crippen molar-refractivity contribution >= 4 is 12.0 Å². The van der Waals surface area contributed by atoms with Gasteiger partial charge in [-0.2, -0.15) is 0 Å². The zero-order valence-electron chi connectivity index (χ0n) is 16.9. The summed E-state index contributed by atoms with van der Waals surface area (Å²) >= 11 is 0. The minimum absolute atomic E-state index is 0.223. The van der Waals surface area contributed by atoms with Gasteiger partial charge in [0.2, 0.25) is 5.91 Å². The van der Waals surface area contributed by atoms with Crippen LogP contribution in [-0.2, 0) is 9.53 Å². The molecule has 0 unspecified atom stereocenters. The average Bonchev–Trinajstić information content (AvgIpc) is 2.99. The number of rotatable bonds is 7. The predicted molar refractivity (Wildman–Crippen MR) is 107 cm³/mol. The zero-order chi connectivity index (χ0) is 20.2. The van der Waals surface area contributed by atoms with Crippen molar-refractivity contribution in [2.24, 2.45) is 11.8 Å². The summed E-state index contributed by atoms with van der Waals surface area (Å²) in [5.74, 6) is -0.694. The molecule has 1 aromatic rings.